The summed E-state index contributed by atoms with van der Waals surface area (Å²) in [6, 6.07) is 4.13. The molecule has 0 spiro atoms. The number of piperidine rings is 1. The summed E-state index contributed by atoms with van der Waals surface area (Å²) in [7, 11) is -3.72. The van der Waals surface area contributed by atoms with Crippen LogP contribution in [-0.2, 0) is 14.8 Å². The molecule has 0 atom stereocenters. The van der Waals surface area contributed by atoms with Crippen molar-refractivity contribution in [1.82, 2.24) is 14.3 Å². The normalized spacial score (nSPS) is 17.0. The Morgan fingerprint density at radius 1 is 1.19 bits per heavy atom. The highest BCUT2D eigenvalue weighted by Gasteiger charge is 2.30. The van der Waals surface area contributed by atoms with Crippen LogP contribution in [0.2, 0.25) is 0 Å². The Morgan fingerprint density at radius 2 is 1.92 bits per heavy atom. The van der Waals surface area contributed by atoms with E-state index in [0.717, 1.165) is 6.42 Å². The number of fused-ring (bicyclic) bond motifs is 1. The van der Waals surface area contributed by atoms with Crippen LogP contribution in [0.3, 0.4) is 0 Å². The summed E-state index contributed by atoms with van der Waals surface area (Å²) in [5.74, 6) is 0. The predicted molar refractivity (Wildman–Crippen MR) is 96.6 cm³/mol. The van der Waals surface area contributed by atoms with Gasteiger partial charge in [0, 0.05) is 19.7 Å². The van der Waals surface area contributed by atoms with Crippen molar-refractivity contribution < 1.29 is 13.2 Å². The van der Waals surface area contributed by atoms with Gasteiger partial charge in [0.15, 0.2) is 0 Å². The molecule has 0 bridgehead atoms. The van der Waals surface area contributed by atoms with Crippen molar-refractivity contribution >= 4 is 20.9 Å². The van der Waals surface area contributed by atoms with E-state index in [0.29, 0.717) is 44.6 Å². The lowest BCUT2D eigenvalue weighted by Crippen LogP contribution is -2.41. The molecule has 0 unspecified atom stereocenters. The first-order valence-corrected chi connectivity index (χ1v) is 9.94. The van der Waals surface area contributed by atoms with E-state index in [1.165, 1.54) is 22.5 Å². The molecule has 0 saturated carbocycles. The van der Waals surface area contributed by atoms with Gasteiger partial charge in [0.2, 0.25) is 10.0 Å². The number of hydrogen-bond donors (Lipinski definition) is 3. The summed E-state index contributed by atoms with van der Waals surface area (Å²) in [4.78, 5) is 27.8. The molecule has 0 radical (unpaired) electrons. The van der Waals surface area contributed by atoms with Crippen LogP contribution in [0.1, 0.15) is 19.3 Å². The monoisotopic (exact) mass is 382 g/mol. The van der Waals surface area contributed by atoms with Crippen molar-refractivity contribution in [3.05, 3.63) is 39.0 Å². The minimum Gasteiger partial charge on any atom is -0.378 e. The van der Waals surface area contributed by atoms with Crippen LogP contribution >= 0.6 is 0 Å². The average Bonchev–Trinajstić information content (AvgIpc) is 2.62. The third kappa shape index (κ3) is 3.88. The van der Waals surface area contributed by atoms with Gasteiger partial charge in [-0.15, -0.1) is 0 Å². The van der Waals surface area contributed by atoms with E-state index in [4.69, 9.17) is 10.5 Å². The molecule has 1 aromatic heterocycles. The van der Waals surface area contributed by atoms with E-state index in [1.54, 1.807) is 0 Å². The van der Waals surface area contributed by atoms with Crippen molar-refractivity contribution in [2.45, 2.75) is 30.3 Å². The van der Waals surface area contributed by atoms with Crippen molar-refractivity contribution in [2.75, 3.05) is 26.2 Å². The number of rotatable bonds is 6. The number of nitrogens with two attached hydrogens (primary N) is 1. The van der Waals surface area contributed by atoms with Crippen molar-refractivity contribution in [3.8, 4) is 0 Å². The Kier molecular flexibility index (Phi) is 5.56. The van der Waals surface area contributed by atoms with E-state index in [2.05, 4.69) is 9.97 Å². The maximum absolute atomic E-state index is 12.9. The molecule has 2 heterocycles. The molecule has 1 saturated heterocycles. The van der Waals surface area contributed by atoms with Crippen LogP contribution in [0.4, 0.5) is 0 Å². The Hall–Kier alpha value is -2.01. The van der Waals surface area contributed by atoms with Gasteiger partial charge in [-0.1, -0.05) is 0 Å². The first-order chi connectivity index (χ1) is 12.4. The molecule has 1 aliphatic rings. The topological polar surface area (TPSA) is 138 Å². The van der Waals surface area contributed by atoms with Gasteiger partial charge in [-0.05, 0) is 44.0 Å². The maximum Gasteiger partial charge on any atom is 0.326 e. The first-order valence-electron chi connectivity index (χ1n) is 8.50. The van der Waals surface area contributed by atoms with Crippen LogP contribution in [0.5, 0.6) is 0 Å². The third-order valence-corrected chi connectivity index (χ3v) is 6.35. The van der Waals surface area contributed by atoms with E-state index in [1.807, 2.05) is 0 Å². The van der Waals surface area contributed by atoms with Crippen molar-refractivity contribution in [3.63, 3.8) is 0 Å². The Bertz CT molecular complexity index is 990. The van der Waals surface area contributed by atoms with E-state index < -0.39 is 21.3 Å². The van der Waals surface area contributed by atoms with Gasteiger partial charge < -0.3 is 15.5 Å². The molecule has 4 N–H and O–H groups in total. The summed E-state index contributed by atoms with van der Waals surface area (Å²) in [5.41, 5.74) is 4.48. The minimum absolute atomic E-state index is 0.0325. The first kappa shape index (κ1) is 18.8. The number of nitrogens with one attached hydrogen (secondary N) is 2. The lowest BCUT2D eigenvalue weighted by molar-refractivity contribution is 0.0209. The lowest BCUT2D eigenvalue weighted by Gasteiger charge is -2.31. The Labute approximate surface area is 150 Å². The fourth-order valence-corrected chi connectivity index (χ4v) is 4.52. The Morgan fingerprint density at radius 3 is 2.62 bits per heavy atom. The zero-order chi connectivity index (χ0) is 18.7. The van der Waals surface area contributed by atoms with E-state index >= 15 is 0 Å². The largest absolute Gasteiger partial charge is 0.378 e. The highest BCUT2D eigenvalue weighted by molar-refractivity contribution is 7.89. The number of nitrogens with zero attached hydrogens (tertiary/aromatic N) is 1. The van der Waals surface area contributed by atoms with Gasteiger partial charge >= 0.3 is 5.69 Å². The van der Waals surface area contributed by atoms with Crippen LogP contribution in [0.15, 0.2) is 32.7 Å². The molecule has 1 fully saturated rings. The second kappa shape index (κ2) is 7.70. The van der Waals surface area contributed by atoms with E-state index in [-0.39, 0.29) is 16.4 Å². The highest BCUT2D eigenvalue weighted by atomic mass is 32.2. The number of benzene rings is 1. The molecule has 2 aromatic rings. The summed E-state index contributed by atoms with van der Waals surface area (Å²) in [5, 5.41) is 0.130. The van der Waals surface area contributed by atoms with Gasteiger partial charge in [-0.3, -0.25) is 9.78 Å². The van der Waals surface area contributed by atoms with Crippen LogP contribution < -0.4 is 17.0 Å². The fourth-order valence-electron chi connectivity index (χ4n) is 3.03. The predicted octanol–water partition coefficient (Wildman–Crippen LogP) is -0.265. The van der Waals surface area contributed by atoms with Gasteiger partial charge in [0.1, 0.15) is 0 Å². The smallest absolute Gasteiger partial charge is 0.326 e. The molecule has 1 aliphatic heterocycles. The minimum atomic E-state index is -3.72. The molecule has 142 valence electrons. The van der Waals surface area contributed by atoms with Gasteiger partial charge in [-0.2, -0.15) is 4.31 Å². The molecule has 0 amide bonds. The summed E-state index contributed by atoms with van der Waals surface area (Å²) >= 11 is 0. The number of hydrogen-bond acceptors (Lipinski definition) is 6. The quantitative estimate of drug-likeness (QED) is 0.588. The summed E-state index contributed by atoms with van der Waals surface area (Å²) in [6.45, 7) is 1.87. The summed E-state index contributed by atoms with van der Waals surface area (Å²) < 4.78 is 32.8. The SMILES string of the molecule is NCCCOC1CCN(S(=O)(=O)c2ccc3[nH]c(=O)[nH]c(=O)c3c2)CC1. The standard InChI is InChI=1S/C16H22N4O5S/c17-6-1-9-25-11-4-7-20(8-5-11)26(23,24)12-2-3-14-13(10-12)15(21)19-16(22)18-14/h2-3,10-11H,1,4-9,17H2,(H2,18,19,21,22). The average molecular weight is 382 g/mol. The van der Waals surface area contributed by atoms with Gasteiger partial charge in [0.25, 0.3) is 5.56 Å². The molecular weight excluding hydrogens is 360 g/mol. The Balaban J connectivity index is 1.78. The molecule has 10 heteroatoms. The number of aromatic amines is 2. The molecule has 1 aromatic carbocycles. The van der Waals surface area contributed by atoms with Crippen LogP contribution in [-0.4, -0.2) is 55.0 Å². The zero-order valence-electron chi connectivity index (χ0n) is 14.2. The highest BCUT2D eigenvalue weighted by Crippen LogP contribution is 2.23. The molecule has 9 nitrogen and oxygen atoms in total. The number of aromatic nitrogens is 2. The summed E-state index contributed by atoms with van der Waals surface area (Å²) in [6.07, 6.45) is 2.06. The zero-order valence-corrected chi connectivity index (χ0v) is 15.0. The number of sulfonamides is 1. The lowest BCUT2D eigenvalue weighted by atomic mass is 10.1. The molecule has 3 rings (SSSR count). The molecule has 0 aliphatic carbocycles. The van der Waals surface area contributed by atoms with Crippen molar-refractivity contribution in [1.29, 1.82) is 0 Å². The second-order valence-corrected chi connectivity index (χ2v) is 8.17. The van der Waals surface area contributed by atoms with Gasteiger partial charge in [-0.25, -0.2) is 13.2 Å². The van der Waals surface area contributed by atoms with Crippen LogP contribution in [0, 0.1) is 0 Å². The van der Waals surface area contributed by atoms with Gasteiger partial charge in [0.05, 0.1) is 21.9 Å². The maximum atomic E-state index is 12.9. The number of H-pyrrole nitrogens is 2. The van der Waals surface area contributed by atoms with Crippen molar-refractivity contribution in [2.24, 2.45) is 5.73 Å². The number of ether oxygens (including phenoxy) is 1. The molecular formula is C16H22N4O5S. The van der Waals surface area contributed by atoms with E-state index in [9.17, 15) is 18.0 Å². The third-order valence-electron chi connectivity index (χ3n) is 4.45. The second-order valence-electron chi connectivity index (χ2n) is 6.23. The van der Waals surface area contributed by atoms with Crippen LogP contribution in [0.25, 0.3) is 10.9 Å². The fraction of sp³-hybridized carbons (Fsp3) is 0.500. The molecule has 26 heavy (non-hydrogen) atoms.